The molecule has 2 aromatic heterocycles. The Kier molecular flexibility index (Phi) is 7.21. The van der Waals surface area contributed by atoms with E-state index in [1.807, 2.05) is 25.1 Å². The first-order valence-corrected chi connectivity index (χ1v) is 11.7. The molecule has 3 aromatic rings. The van der Waals surface area contributed by atoms with Gasteiger partial charge >= 0.3 is 6.18 Å². The molecule has 1 aromatic carbocycles. The van der Waals surface area contributed by atoms with Crippen molar-refractivity contribution in [1.29, 1.82) is 0 Å². The van der Waals surface area contributed by atoms with Crippen molar-refractivity contribution in [1.82, 2.24) is 20.2 Å². The predicted molar refractivity (Wildman–Crippen MR) is 128 cm³/mol. The Labute approximate surface area is 203 Å². The number of nitrogens with zero attached hydrogens (tertiary/aromatic N) is 3. The molecule has 0 bridgehead atoms. The average Bonchev–Trinajstić information content (AvgIpc) is 3.16. The van der Waals surface area contributed by atoms with E-state index in [0.717, 1.165) is 40.2 Å². The Morgan fingerprint density at radius 1 is 1.11 bits per heavy atom. The first kappa shape index (κ1) is 24.9. The van der Waals surface area contributed by atoms with E-state index in [1.54, 1.807) is 12.4 Å². The van der Waals surface area contributed by atoms with Crippen LogP contribution in [0.1, 0.15) is 63.9 Å². The average molecular weight is 483 g/mol. The molecule has 0 fully saturated rings. The number of nitrogens with one attached hydrogen (secondary N) is 1. The van der Waals surface area contributed by atoms with Gasteiger partial charge in [-0.1, -0.05) is 26.0 Å². The fourth-order valence-corrected chi connectivity index (χ4v) is 4.64. The number of aromatic nitrogens is 2. The molecule has 1 N–H and O–H groups in total. The molecule has 0 spiro atoms. The molecule has 0 radical (unpaired) electrons. The lowest BCUT2D eigenvalue weighted by molar-refractivity contribution is -0.137. The van der Waals surface area contributed by atoms with Crippen LogP contribution in [0.15, 0.2) is 54.9 Å². The molecule has 8 heteroatoms. The number of alkyl halides is 3. The van der Waals surface area contributed by atoms with E-state index in [2.05, 4.69) is 34.0 Å². The zero-order valence-electron chi connectivity index (χ0n) is 20.1. The molecule has 0 saturated carbocycles. The Hall–Kier alpha value is -3.26. The van der Waals surface area contributed by atoms with Gasteiger partial charge in [-0.15, -0.1) is 0 Å². The van der Waals surface area contributed by atoms with Crippen molar-refractivity contribution in [3.05, 3.63) is 94.1 Å². The highest BCUT2D eigenvalue weighted by Crippen LogP contribution is 2.39. The molecule has 0 saturated heterocycles. The molecular weight excluding hydrogens is 453 g/mol. The van der Waals surface area contributed by atoms with E-state index in [0.29, 0.717) is 31.6 Å². The Morgan fingerprint density at radius 2 is 1.86 bits per heavy atom. The van der Waals surface area contributed by atoms with E-state index in [9.17, 15) is 18.0 Å². The maximum atomic E-state index is 12.9. The van der Waals surface area contributed by atoms with Crippen molar-refractivity contribution in [3.8, 4) is 0 Å². The maximum absolute atomic E-state index is 12.9. The molecular formula is C27H29F3N4O. The minimum absolute atomic E-state index is 0.0272. The minimum Gasteiger partial charge on any atom is -0.352 e. The number of carbonyl (C=O) groups excluding carboxylic acids is 1. The molecule has 1 atom stereocenters. The predicted octanol–water partition coefficient (Wildman–Crippen LogP) is 5.49. The van der Waals surface area contributed by atoms with Crippen molar-refractivity contribution in [2.24, 2.45) is 5.92 Å². The summed E-state index contributed by atoms with van der Waals surface area (Å²) < 4.78 is 38.7. The third-order valence-corrected chi connectivity index (χ3v) is 6.27. The second kappa shape index (κ2) is 10.2. The standard InChI is InChI=1S/C27H29F3N4O/c1-17(2)25-24-22(16-34(25)15-20-4-6-23(7-5-20)27(28,29)30)13-21(14-33-24)26(35)32-11-9-19-8-10-31-18(3)12-19/h4-8,10,12-14,17,25H,9,11,15-16H2,1-3H3,(H,32,35)/t25-/m0/s1. The van der Waals surface area contributed by atoms with E-state index in [-0.39, 0.29) is 17.9 Å². The van der Waals surface area contributed by atoms with Crippen molar-refractivity contribution >= 4 is 5.91 Å². The highest BCUT2D eigenvalue weighted by molar-refractivity contribution is 5.94. The molecule has 1 aliphatic heterocycles. The lowest BCUT2D eigenvalue weighted by Gasteiger charge is -2.27. The lowest BCUT2D eigenvalue weighted by Crippen LogP contribution is -2.26. The van der Waals surface area contributed by atoms with Crippen LogP contribution in [0.2, 0.25) is 0 Å². The summed E-state index contributed by atoms with van der Waals surface area (Å²) in [4.78, 5) is 23.8. The van der Waals surface area contributed by atoms with Gasteiger partial charge in [-0.25, -0.2) is 0 Å². The number of carbonyl (C=O) groups is 1. The molecule has 4 rings (SSSR count). The summed E-state index contributed by atoms with van der Waals surface area (Å²) in [5.74, 6) is 0.0788. The van der Waals surface area contributed by atoms with Crippen LogP contribution in [0.4, 0.5) is 13.2 Å². The second-order valence-electron chi connectivity index (χ2n) is 9.37. The van der Waals surface area contributed by atoms with Gasteiger partial charge < -0.3 is 5.32 Å². The van der Waals surface area contributed by atoms with Crippen molar-refractivity contribution in [2.45, 2.75) is 52.5 Å². The smallest absolute Gasteiger partial charge is 0.352 e. The fourth-order valence-electron chi connectivity index (χ4n) is 4.64. The van der Waals surface area contributed by atoms with Gasteiger partial charge in [0.25, 0.3) is 5.91 Å². The van der Waals surface area contributed by atoms with Crippen LogP contribution in [-0.2, 0) is 25.7 Å². The fraction of sp³-hybridized carbons (Fsp3) is 0.370. The number of amides is 1. The maximum Gasteiger partial charge on any atom is 0.416 e. The van der Waals surface area contributed by atoms with E-state index >= 15 is 0 Å². The van der Waals surface area contributed by atoms with Gasteiger partial charge in [-0.05, 0) is 66.3 Å². The summed E-state index contributed by atoms with van der Waals surface area (Å²) >= 11 is 0. The number of hydrogen-bond acceptors (Lipinski definition) is 4. The van der Waals surface area contributed by atoms with Crippen LogP contribution in [0, 0.1) is 12.8 Å². The first-order chi connectivity index (χ1) is 16.6. The molecule has 5 nitrogen and oxygen atoms in total. The van der Waals surface area contributed by atoms with Crippen molar-refractivity contribution in [3.63, 3.8) is 0 Å². The molecule has 3 heterocycles. The summed E-state index contributed by atoms with van der Waals surface area (Å²) in [6, 6.07) is 11.1. The third kappa shape index (κ3) is 5.88. The first-order valence-electron chi connectivity index (χ1n) is 11.7. The number of pyridine rings is 2. The normalized spacial score (nSPS) is 15.9. The van der Waals surface area contributed by atoms with Crippen LogP contribution in [0.5, 0.6) is 0 Å². The summed E-state index contributed by atoms with van der Waals surface area (Å²) in [6.07, 6.45) is -0.259. The Bertz CT molecular complexity index is 1190. The number of fused-ring (bicyclic) bond motifs is 1. The summed E-state index contributed by atoms with van der Waals surface area (Å²) in [6.45, 7) is 7.73. The molecule has 1 amide bonds. The highest BCUT2D eigenvalue weighted by Gasteiger charge is 2.35. The van der Waals surface area contributed by atoms with Crippen LogP contribution in [0.3, 0.4) is 0 Å². The number of aryl methyl sites for hydroxylation is 1. The zero-order chi connectivity index (χ0) is 25.2. The highest BCUT2D eigenvalue weighted by atomic mass is 19.4. The van der Waals surface area contributed by atoms with Crippen molar-refractivity contribution < 1.29 is 18.0 Å². The van der Waals surface area contributed by atoms with Gasteiger partial charge in [-0.2, -0.15) is 13.2 Å². The van der Waals surface area contributed by atoms with E-state index in [1.165, 1.54) is 12.1 Å². The number of halogens is 3. The van der Waals surface area contributed by atoms with Gasteiger partial charge in [0.2, 0.25) is 0 Å². The largest absolute Gasteiger partial charge is 0.416 e. The van der Waals surface area contributed by atoms with Gasteiger partial charge in [0.05, 0.1) is 22.9 Å². The van der Waals surface area contributed by atoms with Crippen molar-refractivity contribution in [2.75, 3.05) is 6.54 Å². The SMILES string of the molecule is Cc1cc(CCNC(=O)c2cnc3c(c2)CN(Cc2ccc(C(F)(F)F)cc2)[C@H]3C(C)C)ccn1. The molecule has 0 aliphatic carbocycles. The minimum atomic E-state index is -4.35. The second-order valence-corrected chi connectivity index (χ2v) is 9.37. The van der Waals surface area contributed by atoms with Gasteiger partial charge in [0.15, 0.2) is 0 Å². The molecule has 0 unspecified atom stereocenters. The number of hydrogen-bond donors (Lipinski definition) is 1. The van der Waals surface area contributed by atoms with Crippen LogP contribution >= 0.6 is 0 Å². The monoisotopic (exact) mass is 482 g/mol. The molecule has 1 aliphatic rings. The van der Waals surface area contributed by atoms with Gasteiger partial charge in [0.1, 0.15) is 0 Å². The lowest BCUT2D eigenvalue weighted by atomic mass is 9.99. The van der Waals surface area contributed by atoms with Crippen LogP contribution in [-0.4, -0.2) is 27.3 Å². The Morgan fingerprint density at radius 3 is 2.51 bits per heavy atom. The zero-order valence-corrected chi connectivity index (χ0v) is 20.1. The van der Waals surface area contributed by atoms with Crippen LogP contribution < -0.4 is 5.32 Å². The summed E-state index contributed by atoms with van der Waals surface area (Å²) in [5.41, 5.74) is 4.63. The molecule has 184 valence electrons. The summed E-state index contributed by atoms with van der Waals surface area (Å²) in [7, 11) is 0. The topological polar surface area (TPSA) is 58.1 Å². The van der Waals surface area contributed by atoms with E-state index < -0.39 is 11.7 Å². The summed E-state index contributed by atoms with van der Waals surface area (Å²) in [5, 5.41) is 2.96. The third-order valence-electron chi connectivity index (χ3n) is 6.27. The Balaban J connectivity index is 1.43. The quantitative estimate of drug-likeness (QED) is 0.484. The van der Waals surface area contributed by atoms with Gasteiger partial charge in [0, 0.05) is 37.7 Å². The van der Waals surface area contributed by atoms with E-state index in [4.69, 9.17) is 0 Å². The molecule has 35 heavy (non-hydrogen) atoms. The van der Waals surface area contributed by atoms with Gasteiger partial charge in [-0.3, -0.25) is 19.7 Å². The number of rotatable bonds is 7. The van der Waals surface area contributed by atoms with Crippen LogP contribution in [0.25, 0.3) is 0 Å². The number of benzene rings is 1.